The van der Waals surface area contributed by atoms with Crippen molar-refractivity contribution in [3.8, 4) is 0 Å². The molecule has 1 aromatic heterocycles. The van der Waals surface area contributed by atoms with Gasteiger partial charge < -0.3 is 4.90 Å². The molecule has 0 saturated heterocycles. The fourth-order valence-corrected chi connectivity index (χ4v) is 3.48. The molecular formula is C16H12ClN3O3S. The molecule has 0 aliphatic heterocycles. The highest BCUT2D eigenvalue weighted by atomic mass is 35.5. The maximum absolute atomic E-state index is 12.5. The van der Waals surface area contributed by atoms with Gasteiger partial charge in [0.25, 0.3) is 11.6 Å². The van der Waals surface area contributed by atoms with Crippen molar-refractivity contribution in [2.45, 2.75) is 6.54 Å². The van der Waals surface area contributed by atoms with Crippen LogP contribution in [0.15, 0.2) is 42.5 Å². The van der Waals surface area contributed by atoms with Crippen LogP contribution in [0.1, 0.15) is 15.4 Å². The number of benzene rings is 2. The van der Waals surface area contributed by atoms with Crippen LogP contribution in [0.2, 0.25) is 5.02 Å². The normalized spacial score (nSPS) is 10.8. The van der Waals surface area contributed by atoms with E-state index in [2.05, 4.69) is 4.98 Å². The monoisotopic (exact) mass is 361 g/mol. The van der Waals surface area contributed by atoms with Crippen molar-refractivity contribution in [2.75, 3.05) is 7.05 Å². The fourth-order valence-electron chi connectivity index (χ4n) is 2.27. The highest BCUT2D eigenvalue weighted by Gasteiger charge is 2.19. The second-order valence-corrected chi connectivity index (χ2v) is 6.68. The maximum atomic E-state index is 12.5. The highest BCUT2D eigenvalue weighted by Crippen LogP contribution is 2.26. The Balaban J connectivity index is 1.81. The first-order chi connectivity index (χ1) is 11.5. The van der Waals surface area contributed by atoms with Gasteiger partial charge in [0, 0.05) is 18.7 Å². The minimum atomic E-state index is -0.605. The van der Waals surface area contributed by atoms with Gasteiger partial charge in [-0.05, 0) is 24.3 Å². The Morgan fingerprint density at radius 2 is 2.08 bits per heavy atom. The number of nitrogens with zero attached hydrogens (tertiary/aromatic N) is 3. The zero-order valence-electron chi connectivity index (χ0n) is 12.6. The van der Waals surface area contributed by atoms with E-state index in [9.17, 15) is 14.9 Å². The molecule has 0 spiro atoms. The number of fused-ring (bicyclic) bond motifs is 1. The molecule has 0 radical (unpaired) electrons. The average molecular weight is 362 g/mol. The summed E-state index contributed by atoms with van der Waals surface area (Å²) in [5, 5.41) is 11.8. The molecule has 122 valence electrons. The van der Waals surface area contributed by atoms with E-state index in [1.54, 1.807) is 7.05 Å². The van der Waals surface area contributed by atoms with Crippen LogP contribution in [0.4, 0.5) is 5.69 Å². The number of halogens is 1. The Hall–Kier alpha value is -2.51. The molecule has 3 aromatic rings. The number of rotatable bonds is 4. The van der Waals surface area contributed by atoms with Gasteiger partial charge in [0.05, 0.1) is 21.7 Å². The number of hydrogen-bond acceptors (Lipinski definition) is 5. The summed E-state index contributed by atoms with van der Waals surface area (Å²) >= 11 is 7.29. The molecule has 0 aliphatic carbocycles. The number of nitro groups is 1. The second-order valence-electron chi connectivity index (χ2n) is 5.16. The van der Waals surface area contributed by atoms with Crippen LogP contribution in [0.3, 0.4) is 0 Å². The van der Waals surface area contributed by atoms with Crippen molar-refractivity contribution in [2.24, 2.45) is 0 Å². The third-order valence-electron chi connectivity index (χ3n) is 3.45. The first-order valence-corrected chi connectivity index (χ1v) is 8.19. The number of carbonyl (C=O) groups is 1. The molecule has 0 fully saturated rings. The van der Waals surface area contributed by atoms with E-state index in [0.29, 0.717) is 6.54 Å². The van der Waals surface area contributed by atoms with Gasteiger partial charge in [-0.15, -0.1) is 11.3 Å². The van der Waals surface area contributed by atoms with Crippen LogP contribution in [0.25, 0.3) is 10.2 Å². The van der Waals surface area contributed by atoms with Crippen LogP contribution in [0.5, 0.6) is 0 Å². The van der Waals surface area contributed by atoms with Gasteiger partial charge in [0.2, 0.25) is 0 Å². The number of aromatic nitrogens is 1. The fraction of sp³-hybridized carbons (Fsp3) is 0.125. The zero-order chi connectivity index (χ0) is 17.3. The van der Waals surface area contributed by atoms with E-state index in [4.69, 9.17) is 11.6 Å². The molecule has 0 atom stereocenters. The molecular weight excluding hydrogens is 350 g/mol. The number of para-hydroxylation sites is 1. The van der Waals surface area contributed by atoms with Crippen molar-refractivity contribution >= 4 is 44.7 Å². The standard InChI is InChI=1S/C16H12ClN3O3S/c1-19(9-15-18-12-4-2-3-5-14(12)24-15)16(21)10-6-7-11(17)13(8-10)20(22)23/h2-8H,9H2,1H3. The molecule has 0 bridgehead atoms. The number of thiazole rings is 1. The van der Waals surface area contributed by atoms with Crippen molar-refractivity contribution in [1.29, 1.82) is 0 Å². The molecule has 24 heavy (non-hydrogen) atoms. The van der Waals surface area contributed by atoms with Crippen LogP contribution in [-0.4, -0.2) is 27.8 Å². The van der Waals surface area contributed by atoms with Crippen LogP contribution < -0.4 is 0 Å². The number of hydrogen-bond donors (Lipinski definition) is 0. The Morgan fingerprint density at radius 1 is 1.33 bits per heavy atom. The van der Waals surface area contributed by atoms with Gasteiger partial charge in [0.1, 0.15) is 10.0 Å². The zero-order valence-corrected chi connectivity index (χ0v) is 14.2. The van der Waals surface area contributed by atoms with E-state index in [0.717, 1.165) is 15.2 Å². The minimum Gasteiger partial charge on any atom is -0.335 e. The molecule has 8 heteroatoms. The molecule has 0 unspecified atom stereocenters. The maximum Gasteiger partial charge on any atom is 0.288 e. The predicted molar refractivity (Wildman–Crippen MR) is 93.5 cm³/mol. The van der Waals surface area contributed by atoms with Crippen LogP contribution >= 0.6 is 22.9 Å². The third kappa shape index (κ3) is 3.22. The third-order valence-corrected chi connectivity index (χ3v) is 4.79. The topological polar surface area (TPSA) is 76.3 Å². The quantitative estimate of drug-likeness (QED) is 0.517. The summed E-state index contributed by atoms with van der Waals surface area (Å²) in [7, 11) is 1.63. The number of amides is 1. The first kappa shape index (κ1) is 16.4. The summed E-state index contributed by atoms with van der Waals surface area (Å²) in [6.45, 7) is 0.328. The van der Waals surface area contributed by atoms with Gasteiger partial charge in [-0.25, -0.2) is 4.98 Å². The first-order valence-electron chi connectivity index (χ1n) is 6.99. The van der Waals surface area contributed by atoms with E-state index in [1.807, 2.05) is 24.3 Å². The van der Waals surface area contributed by atoms with Crippen molar-refractivity contribution < 1.29 is 9.72 Å². The van der Waals surface area contributed by atoms with Crippen molar-refractivity contribution in [3.05, 3.63) is 68.2 Å². The summed E-state index contributed by atoms with van der Waals surface area (Å²) in [6.07, 6.45) is 0. The lowest BCUT2D eigenvalue weighted by Crippen LogP contribution is -2.26. The number of nitro benzene ring substituents is 1. The smallest absolute Gasteiger partial charge is 0.288 e. The molecule has 3 rings (SSSR count). The van der Waals surface area contributed by atoms with E-state index < -0.39 is 4.92 Å². The van der Waals surface area contributed by atoms with Gasteiger partial charge in [-0.1, -0.05) is 23.7 Å². The van der Waals surface area contributed by atoms with Gasteiger partial charge in [-0.2, -0.15) is 0 Å². The molecule has 0 aliphatic rings. The SMILES string of the molecule is CN(Cc1nc2ccccc2s1)C(=O)c1ccc(Cl)c([N+](=O)[O-])c1. The molecule has 1 amide bonds. The molecule has 0 saturated carbocycles. The Labute approximate surface area is 146 Å². The van der Waals surface area contributed by atoms with E-state index in [1.165, 1.54) is 34.4 Å². The van der Waals surface area contributed by atoms with Crippen molar-refractivity contribution in [3.63, 3.8) is 0 Å². The summed E-state index contributed by atoms with van der Waals surface area (Å²) in [5.41, 5.74) is 0.825. The molecule has 2 aromatic carbocycles. The lowest BCUT2D eigenvalue weighted by molar-refractivity contribution is -0.384. The molecule has 1 heterocycles. The lowest BCUT2D eigenvalue weighted by Gasteiger charge is -2.15. The average Bonchev–Trinajstić information content (AvgIpc) is 2.96. The van der Waals surface area contributed by atoms with Gasteiger partial charge in [0.15, 0.2) is 0 Å². The second kappa shape index (κ2) is 6.54. The van der Waals surface area contributed by atoms with Crippen LogP contribution in [-0.2, 0) is 6.54 Å². The lowest BCUT2D eigenvalue weighted by atomic mass is 10.2. The minimum absolute atomic E-state index is 0.00498. The summed E-state index contributed by atoms with van der Waals surface area (Å²) in [6, 6.07) is 11.8. The van der Waals surface area contributed by atoms with Crippen LogP contribution in [0, 0.1) is 10.1 Å². The predicted octanol–water partition coefficient (Wildman–Crippen LogP) is 4.13. The Kier molecular flexibility index (Phi) is 4.46. The van der Waals surface area contributed by atoms with E-state index in [-0.39, 0.29) is 22.2 Å². The van der Waals surface area contributed by atoms with E-state index >= 15 is 0 Å². The summed E-state index contributed by atoms with van der Waals surface area (Å²) in [5.74, 6) is -0.325. The van der Waals surface area contributed by atoms with Crippen molar-refractivity contribution in [1.82, 2.24) is 9.88 Å². The van der Waals surface area contributed by atoms with Gasteiger partial charge >= 0.3 is 0 Å². The molecule has 6 nitrogen and oxygen atoms in total. The largest absolute Gasteiger partial charge is 0.335 e. The number of carbonyl (C=O) groups excluding carboxylic acids is 1. The summed E-state index contributed by atoms with van der Waals surface area (Å²) < 4.78 is 1.05. The highest BCUT2D eigenvalue weighted by molar-refractivity contribution is 7.18. The summed E-state index contributed by atoms with van der Waals surface area (Å²) in [4.78, 5) is 28.8. The van der Waals surface area contributed by atoms with Gasteiger partial charge in [-0.3, -0.25) is 14.9 Å². The molecule has 0 N–H and O–H groups in total. The Morgan fingerprint density at radius 3 is 2.79 bits per heavy atom. The Bertz CT molecular complexity index is 908.